The number of Topliss-reactive ketones (excluding diaryl/α,β-unsaturated/α-hetero) is 2. The zero-order chi connectivity index (χ0) is 44.1. The van der Waals surface area contributed by atoms with Crippen LogP contribution in [0.15, 0.2) is 35.5 Å². The van der Waals surface area contributed by atoms with Crippen LogP contribution in [-0.2, 0) is 44.9 Å². The van der Waals surface area contributed by atoms with Crippen LogP contribution in [0, 0.1) is 51.8 Å². The number of rotatable bonds is 7. The van der Waals surface area contributed by atoms with E-state index in [-0.39, 0.29) is 40.5 Å². The van der Waals surface area contributed by atoms with Crippen molar-refractivity contribution < 1.29 is 29.3 Å². The largest absolute Gasteiger partial charge is 0.392 e. The smallest absolute Gasteiger partial charge is 0.160 e. The van der Waals surface area contributed by atoms with Crippen LogP contribution < -0.4 is 0 Å². The minimum atomic E-state index is -0.717. The number of carbonyl (C=O) groups excluding carboxylic acids is 2. The maximum Gasteiger partial charge on any atom is 0.160 e. The van der Waals surface area contributed by atoms with E-state index in [9.17, 15) is 15.0 Å². The minimum absolute atomic E-state index is 0.0929. The first-order valence-corrected chi connectivity index (χ1v) is 24.4. The lowest BCUT2D eigenvalue weighted by atomic mass is 9.34. The molecule has 1 aromatic carbocycles. The third kappa shape index (κ3) is 6.03. The fourth-order valence-electron chi connectivity index (χ4n) is 16.2. The van der Waals surface area contributed by atoms with Gasteiger partial charge >= 0.3 is 0 Å². The summed E-state index contributed by atoms with van der Waals surface area (Å²) in [6, 6.07) is 7.18. The number of aromatic nitrogens is 2. The summed E-state index contributed by atoms with van der Waals surface area (Å²) >= 11 is 0. The monoisotopic (exact) mass is 847 g/mol. The van der Waals surface area contributed by atoms with Crippen LogP contribution in [-0.4, -0.2) is 68.5 Å². The highest BCUT2D eigenvalue weighted by Crippen LogP contribution is 2.75. The van der Waals surface area contributed by atoms with Gasteiger partial charge in [-0.25, -0.2) is 0 Å². The number of hydrogen-bond donors (Lipinski definition) is 3. The zero-order valence-corrected chi connectivity index (χ0v) is 39.4. The van der Waals surface area contributed by atoms with E-state index in [0.717, 1.165) is 75.7 Å². The van der Waals surface area contributed by atoms with Crippen molar-refractivity contribution in [1.29, 1.82) is 0 Å². The van der Waals surface area contributed by atoms with Gasteiger partial charge in [0, 0.05) is 78.8 Å². The highest BCUT2D eigenvalue weighted by Gasteiger charge is 2.72. The number of nitrogens with one attached hydrogen (secondary N) is 1. The number of aliphatic hydroxyl groups excluding tert-OH is 2. The Bertz CT molecular complexity index is 2370. The van der Waals surface area contributed by atoms with Gasteiger partial charge in [0.2, 0.25) is 0 Å². The number of carbonyl (C=O) groups is 2. The van der Waals surface area contributed by atoms with E-state index in [1.165, 1.54) is 44.5 Å². The third-order valence-electron chi connectivity index (χ3n) is 19.4. The number of ether oxygens (including phenoxy) is 2. The molecule has 3 aromatic rings. The Morgan fingerprint density at radius 1 is 0.952 bits per heavy atom. The number of aromatic amines is 1. The summed E-state index contributed by atoms with van der Waals surface area (Å²) in [7, 11) is 0. The van der Waals surface area contributed by atoms with Gasteiger partial charge in [0.15, 0.2) is 5.78 Å². The van der Waals surface area contributed by atoms with E-state index >= 15 is 4.79 Å². The molecule has 4 aliphatic carbocycles. The van der Waals surface area contributed by atoms with Crippen molar-refractivity contribution in [3.8, 4) is 0 Å². The molecule has 3 aliphatic heterocycles. The third-order valence-corrected chi connectivity index (χ3v) is 19.4. The van der Waals surface area contributed by atoms with Crippen molar-refractivity contribution in [3.63, 3.8) is 0 Å². The van der Waals surface area contributed by atoms with Crippen molar-refractivity contribution in [1.82, 2.24) is 9.55 Å². The molecular formula is C54H74N2O6. The van der Waals surface area contributed by atoms with Crippen LogP contribution in [0.1, 0.15) is 160 Å². The second kappa shape index (κ2) is 14.2. The van der Waals surface area contributed by atoms with E-state index in [0.29, 0.717) is 43.9 Å². The molecule has 2 aromatic heterocycles. The molecule has 8 heteroatoms. The number of nitrogens with zero attached hydrogens (tertiary/aromatic N) is 1. The summed E-state index contributed by atoms with van der Waals surface area (Å²) in [6.07, 6.45) is 9.70. The SMILES string of the molecule is CCc1c(Cc2cc(C)cc(C3CCOCC3)c2)c2[nH]cc3c2n1C[C@H]1C2=C(C(=O)C[C@]2(C)[C@@]2(C)CC[C@H]4C(C)(C)C(=O)CC[C@@]4(C)[C@H]2[C@@H]1O)[C@](C)(C[C@@H](O)[C@H]1OC1(C)C)CC3. The molecule has 62 heavy (non-hydrogen) atoms. The van der Waals surface area contributed by atoms with E-state index < -0.39 is 34.1 Å². The van der Waals surface area contributed by atoms with E-state index in [2.05, 4.69) is 89.3 Å². The molecule has 0 radical (unpaired) electrons. The number of ketones is 2. The van der Waals surface area contributed by atoms with Crippen molar-refractivity contribution in [2.24, 2.45) is 44.8 Å². The van der Waals surface area contributed by atoms with Crippen molar-refractivity contribution in [2.75, 3.05) is 13.2 Å². The first-order valence-electron chi connectivity index (χ1n) is 24.4. The Hall–Kier alpha value is -3.04. The molecule has 0 amide bonds. The predicted molar refractivity (Wildman–Crippen MR) is 243 cm³/mol. The lowest BCUT2D eigenvalue weighted by molar-refractivity contribution is -0.220. The summed E-state index contributed by atoms with van der Waals surface area (Å²) < 4.78 is 14.4. The van der Waals surface area contributed by atoms with Gasteiger partial charge in [0.1, 0.15) is 11.9 Å². The van der Waals surface area contributed by atoms with Gasteiger partial charge in [-0.2, -0.15) is 0 Å². The highest BCUT2D eigenvalue weighted by molar-refractivity contribution is 6.02. The Balaban J connectivity index is 1.16. The average molecular weight is 847 g/mol. The minimum Gasteiger partial charge on any atom is -0.392 e. The van der Waals surface area contributed by atoms with Crippen LogP contribution in [0.4, 0.5) is 0 Å². The fraction of sp³-hybridized carbons (Fsp3) is 0.704. The van der Waals surface area contributed by atoms with E-state index in [1.54, 1.807) is 0 Å². The lowest BCUT2D eigenvalue weighted by Crippen LogP contribution is -2.67. The normalized spacial score (nSPS) is 38.2. The lowest BCUT2D eigenvalue weighted by Gasteiger charge is -2.70. The zero-order valence-electron chi connectivity index (χ0n) is 39.4. The summed E-state index contributed by atoms with van der Waals surface area (Å²) in [6.45, 7) is 24.5. The molecule has 3 saturated carbocycles. The molecule has 10 atom stereocenters. The molecule has 5 heterocycles. The molecule has 3 N–H and O–H groups in total. The number of aliphatic hydroxyl groups is 2. The Morgan fingerprint density at radius 3 is 2.37 bits per heavy atom. The molecule has 10 rings (SSSR count). The Morgan fingerprint density at radius 2 is 1.68 bits per heavy atom. The fourth-order valence-corrected chi connectivity index (χ4v) is 16.2. The maximum absolute atomic E-state index is 15.3. The van der Waals surface area contributed by atoms with Gasteiger partial charge in [-0.05, 0) is 135 Å². The molecular weight excluding hydrogens is 773 g/mol. The van der Waals surface area contributed by atoms with Crippen LogP contribution in [0.5, 0.6) is 0 Å². The van der Waals surface area contributed by atoms with Crippen LogP contribution in [0.3, 0.4) is 0 Å². The van der Waals surface area contributed by atoms with Gasteiger partial charge in [-0.15, -0.1) is 0 Å². The molecule has 7 aliphatic rings. The van der Waals surface area contributed by atoms with Crippen molar-refractivity contribution >= 4 is 22.6 Å². The van der Waals surface area contributed by atoms with Crippen LogP contribution in [0.25, 0.3) is 11.0 Å². The van der Waals surface area contributed by atoms with Gasteiger partial charge in [0.25, 0.3) is 0 Å². The number of epoxide rings is 1. The van der Waals surface area contributed by atoms with Crippen molar-refractivity contribution in [2.45, 2.75) is 183 Å². The van der Waals surface area contributed by atoms with Gasteiger partial charge in [-0.3, -0.25) is 9.59 Å². The number of fused-ring (bicyclic) bond motifs is 4. The second-order valence-corrected chi connectivity index (χ2v) is 23.7. The number of allylic oxidation sites excluding steroid dienone is 1. The molecule has 0 unspecified atom stereocenters. The quantitative estimate of drug-likeness (QED) is 0.204. The number of benzene rings is 1. The molecule has 2 saturated heterocycles. The van der Waals surface area contributed by atoms with Crippen LogP contribution >= 0.6 is 0 Å². The second-order valence-electron chi connectivity index (χ2n) is 23.7. The summed E-state index contributed by atoms with van der Waals surface area (Å²) in [5.74, 6) is 0.810. The number of hydrogen-bond acceptors (Lipinski definition) is 6. The highest BCUT2D eigenvalue weighted by atomic mass is 16.6. The van der Waals surface area contributed by atoms with Gasteiger partial charge in [0.05, 0.1) is 28.8 Å². The van der Waals surface area contributed by atoms with E-state index in [1.807, 2.05) is 13.8 Å². The average Bonchev–Trinajstić information content (AvgIpc) is 3.44. The van der Waals surface area contributed by atoms with Gasteiger partial charge in [-0.1, -0.05) is 72.2 Å². The Labute approximate surface area is 370 Å². The topological polar surface area (TPSA) is 117 Å². The van der Waals surface area contributed by atoms with Crippen molar-refractivity contribution in [3.05, 3.63) is 69.1 Å². The molecule has 0 bridgehead atoms. The molecule has 5 fully saturated rings. The van der Waals surface area contributed by atoms with E-state index in [4.69, 9.17) is 9.47 Å². The number of H-pyrrole nitrogens is 1. The Kier molecular flexibility index (Phi) is 9.84. The predicted octanol–water partition coefficient (Wildman–Crippen LogP) is 9.90. The maximum atomic E-state index is 15.3. The first kappa shape index (κ1) is 42.9. The summed E-state index contributed by atoms with van der Waals surface area (Å²) in [5, 5.41) is 25.7. The van der Waals surface area contributed by atoms with Gasteiger partial charge < -0.3 is 29.2 Å². The molecule has 0 spiro atoms. The van der Waals surface area contributed by atoms with Crippen LogP contribution in [0.2, 0.25) is 0 Å². The number of aryl methyl sites for hydroxylation is 2. The molecule has 336 valence electrons. The standard InChI is InChI=1S/C54H74N2O6/c1-11-37-35(25-31-22-30(2)23-34(24-31)32-15-20-61-21-16-32)44-45-33(28-55-44)12-17-51(7,26-39(58)48-50(5,6)62-48)43-38(57)27-54(10)42(43)36(29-56(37)45)46(60)47-52(8)18-14-41(59)49(3,4)40(52)13-19-53(47,54)9/h22-24,28,32,36,39-40,46-48,55,58,60H,11-21,25-27,29H2,1-10H3/t36-,39+,40-,46+,47+,48+,51-,52+,53-,54-/m0/s1. The summed E-state index contributed by atoms with van der Waals surface area (Å²) in [4.78, 5) is 32.8. The summed E-state index contributed by atoms with van der Waals surface area (Å²) in [5.41, 5.74) is 9.76. The molecule has 8 nitrogen and oxygen atoms in total. The first-order chi connectivity index (χ1) is 29.2.